The number of sulfonamides is 1. The lowest BCUT2D eigenvalue weighted by Crippen LogP contribution is -2.44. The second kappa shape index (κ2) is 7.25. The number of benzene rings is 1. The first-order valence-electron chi connectivity index (χ1n) is 9.34. The summed E-state index contributed by atoms with van der Waals surface area (Å²) in [6.07, 6.45) is 1.88. The van der Waals surface area contributed by atoms with Crippen LogP contribution in [0.15, 0.2) is 18.3 Å². The fourth-order valence-electron chi connectivity index (χ4n) is 3.30. The van der Waals surface area contributed by atoms with Gasteiger partial charge in [0, 0.05) is 30.7 Å². The van der Waals surface area contributed by atoms with Crippen LogP contribution in [-0.2, 0) is 27.7 Å². The number of ether oxygens (including phenoxy) is 1. The first-order valence-corrected chi connectivity index (χ1v) is 11.0. The van der Waals surface area contributed by atoms with Crippen molar-refractivity contribution in [3.05, 3.63) is 29.5 Å². The van der Waals surface area contributed by atoms with Crippen LogP contribution in [0.2, 0.25) is 0 Å². The van der Waals surface area contributed by atoms with Crippen LogP contribution in [0.5, 0.6) is 0 Å². The Morgan fingerprint density at radius 2 is 1.90 bits per heavy atom. The monoisotopic (exact) mass is 422 g/mol. The topological polar surface area (TPSA) is 110 Å². The van der Waals surface area contributed by atoms with Crippen molar-refractivity contribution in [3.8, 4) is 0 Å². The highest BCUT2D eigenvalue weighted by Crippen LogP contribution is 2.35. The Balaban J connectivity index is 1.98. The van der Waals surface area contributed by atoms with Gasteiger partial charge in [-0.2, -0.15) is 0 Å². The number of rotatable bonds is 2. The SMILES string of the molecule is CCc1cn2c3c(cc(C(=O)NNC(=O)OC(C)(C)C)cc13)N(C)S(=O)(=O)CC2. The minimum absolute atomic E-state index is 0.0210. The van der Waals surface area contributed by atoms with E-state index in [0.29, 0.717) is 12.2 Å². The zero-order valence-corrected chi connectivity index (χ0v) is 18.0. The summed E-state index contributed by atoms with van der Waals surface area (Å²) in [6, 6.07) is 3.24. The van der Waals surface area contributed by atoms with Crippen LogP contribution >= 0.6 is 0 Å². The molecule has 0 saturated heterocycles. The number of hydrogen-bond donors (Lipinski definition) is 2. The quantitative estimate of drug-likeness (QED) is 0.721. The van der Waals surface area contributed by atoms with Gasteiger partial charge < -0.3 is 9.30 Å². The number of nitrogens with one attached hydrogen (secondary N) is 2. The molecule has 1 aromatic heterocycles. The fourth-order valence-corrected chi connectivity index (χ4v) is 4.44. The van der Waals surface area contributed by atoms with Crippen molar-refractivity contribution < 1.29 is 22.7 Å². The maximum atomic E-state index is 12.6. The lowest BCUT2D eigenvalue weighted by atomic mass is 10.1. The van der Waals surface area contributed by atoms with Crippen molar-refractivity contribution in [1.29, 1.82) is 0 Å². The molecule has 1 aliphatic heterocycles. The van der Waals surface area contributed by atoms with Crippen molar-refractivity contribution in [1.82, 2.24) is 15.4 Å². The Kier molecular flexibility index (Phi) is 5.24. The molecule has 158 valence electrons. The number of carbonyl (C=O) groups excluding carboxylic acids is 2. The van der Waals surface area contributed by atoms with Gasteiger partial charge in [0.2, 0.25) is 10.0 Å². The minimum atomic E-state index is -3.50. The summed E-state index contributed by atoms with van der Waals surface area (Å²) in [6.45, 7) is 7.49. The van der Waals surface area contributed by atoms with Gasteiger partial charge in [0.05, 0.1) is 17.0 Å². The van der Waals surface area contributed by atoms with Gasteiger partial charge in [-0.3, -0.25) is 14.5 Å². The smallest absolute Gasteiger partial charge is 0.426 e. The summed E-state index contributed by atoms with van der Waals surface area (Å²) < 4.78 is 33.3. The highest BCUT2D eigenvalue weighted by Gasteiger charge is 2.28. The van der Waals surface area contributed by atoms with Gasteiger partial charge in [0.15, 0.2) is 0 Å². The average Bonchev–Trinajstić information content (AvgIpc) is 2.95. The predicted molar refractivity (Wildman–Crippen MR) is 110 cm³/mol. The molecule has 10 heteroatoms. The highest BCUT2D eigenvalue weighted by atomic mass is 32.2. The summed E-state index contributed by atoms with van der Waals surface area (Å²) in [5.74, 6) is -0.591. The number of carbonyl (C=O) groups is 2. The van der Waals surface area contributed by atoms with E-state index in [1.54, 1.807) is 26.8 Å². The number of aryl methyl sites for hydroxylation is 2. The minimum Gasteiger partial charge on any atom is -0.443 e. The largest absolute Gasteiger partial charge is 0.443 e. The molecular weight excluding hydrogens is 396 g/mol. The first-order chi connectivity index (χ1) is 13.4. The molecule has 2 aromatic rings. The standard InChI is InChI=1S/C19H26N4O5S/c1-6-12-11-23-7-8-29(26,27)22(5)15-10-13(9-14(12)16(15)23)17(24)20-21-18(25)28-19(2,3)4/h9-11H,6-8H2,1-5H3,(H,20,24)(H,21,25). The van der Waals surface area contributed by atoms with Crippen molar-refractivity contribution in [2.24, 2.45) is 0 Å². The molecule has 0 spiro atoms. The Bertz CT molecular complexity index is 1080. The van der Waals surface area contributed by atoms with Crippen molar-refractivity contribution in [2.75, 3.05) is 17.1 Å². The second-order valence-corrected chi connectivity index (χ2v) is 10.1. The van der Waals surface area contributed by atoms with E-state index in [2.05, 4.69) is 10.9 Å². The lowest BCUT2D eigenvalue weighted by Gasteiger charge is -2.20. The van der Waals surface area contributed by atoms with Gasteiger partial charge in [-0.25, -0.2) is 18.6 Å². The van der Waals surface area contributed by atoms with E-state index in [0.717, 1.165) is 22.9 Å². The second-order valence-electron chi connectivity index (χ2n) is 7.96. The maximum Gasteiger partial charge on any atom is 0.426 e. The molecule has 2 amide bonds. The Labute approximate surface area is 170 Å². The molecule has 2 heterocycles. The van der Waals surface area contributed by atoms with Crippen LogP contribution in [-0.4, -0.2) is 43.4 Å². The highest BCUT2D eigenvalue weighted by molar-refractivity contribution is 7.92. The van der Waals surface area contributed by atoms with Gasteiger partial charge in [0.25, 0.3) is 5.91 Å². The fraction of sp³-hybridized carbons (Fsp3) is 0.474. The Morgan fingerprint density at radius 3 is 2.52 bits per heavy atom. The summed E-state index contributed by atoms with van der Waals surface area (Å²) in [7, 11) is -2.01. The molecule has 1 aromatic carbocycles. The molecule has 0 atom stereocenters. The number of aromatic nitrogens is 1. The van der Waals surface area contributed by atoms with Crippen LogP contribution in [0.3, 0.4) is 0 Å². The molecule has 3 rings (SSSR count). The van der Waals surface area contributed by atoms with Crippen molar-refractivity contribution in [3.63, 3.8) is 0 Å². The average molecular weight is 423 g/mol. The lowest BCUT2D eigenvalue weighted by molar-refractivity contribution is 0.0483. The van der Waals surface area contributed by atoms with Crippen LogP contribution in [0.4, 0.5) is 10.5 Å². The molecular formula is C19H26N4O5S. The summed E-state index contributed by atoms with van der Waals surface area (Å²) in [4.78, 5) is 24.4. The third-order valence-corrected chi connectivity index (χ3v) is 6.43. The van der Waals surface area contributed by atoms with Gasteiger partial charge >= 0.3 is 6.09 Å². The summed E-state index contributed by atoms with van der Waals surface area (Å²) >= 11 is 0. The van der Waals surface area contributed by atoms with Gasteiger partial charge in [-0.15, -0.1) is 0 Å². The third-order valence-electron chi connectivity index (χ3n) is 4.70. The molecule has 1 aliphatic rings. The van der Waals surface area contributed by atoms with E-state index in [4.69, 9.17) is 4.74 Å². The number of hydrazine groups is 1. The van der Waals surface area contributed by atoms with Crippen molar-refractivity contribution >= 4 is 38.6 Å². The van der Waals surface area contributed by atoms with E-state index < -0.39 is 27.6 Å². The molecule has 9 nitrogen and oxygen atoms in total. The zero-order chi connectivity index (χ0) is 21.6. The van der Waals surface area contributed by atoms with E-state index >= 15 is 0 Å². The molecule has 0 bridgehead atoms. The molecule has 0 unspecified atom stereocenters. The summed E-state index contributed by atoms with van der Waals surface area (Å²) in [5, 5.41) is 0.816. The van der Waals surface area contributed by atoms with Crippen LogP contribution in [0, 0.1) is 0 Å². The molecule has 0 fully saturated rings. The van der Waals surface area contributed by atoms with Gasteiger partial charge in [0.1, 0.15) is 5.60 Å². The molecule has 29 heavy (non-hydrogen) atoms. The van der Waals surface area contributed by atoms with Crippen LogP contribution < -0.4 is 15.2 Å². The number of amides is 2. The van der Waals surface area contributed by atoms with Crippen molar-refractivity contribution in [2.45, 2.75) is 46.3 Å². The van der Waals surface area contributed by atoms with E-state index in [-0.39, 0.29) is 11.3 Å². The maximum absolute atomic E-state index is 12.6. The number of hydrogen-bond acceptors (Lipinski definition) is 5. The number of anilines is 1. The van der Waals surface area contributed by atoms with Crippen LogP contribution in [0.1, 0.15) is 43.6 Å². The zero-order valence-electron chi connectivity index (χ0n) is 17.2. The van der Waals surface area contributed by atoms with Gasteiger partial charge in [-0.1, -0.05) is 6.92 Å². The Hall–Kier alpha value is -2.75. The summed E-state index contributed by atoms with van der Waals surface area (Å²) in [5.41, 5.74) is 6.29. The van der Waals surface area contributed by atoms with Crippen LogP contribution in [0.25, 0.3) is 10.9 Å². The van der Waals surface area contributed by atoms with Gasteiger partial charge in [-0.05, 0) is 44.9 Å². The molecule has 2 N–H and O–H groups in total. The Morgan fingerprint density at radius 1 is 1.21 bits per heavy atom. The van der Waals surface area contributed by atoms with E-state index in [1.165, 1.54) is 17.4 Å². The predicted octanol–water partition coefficient (Wildman–Crippen LogP) is 2.15. The molecule has 0 radical (unpaired) electrons. The molecule has 0 saturated carbocycles. The number of nitrogens with zero attached hydrogens (tertiary/aromatic N) is 2. The normalized spacial score (nSPS) is 15.7. The third kappa shape index (κ3) is 4.16. The molecule has 0 aliphatic carbocycles. The van der Waals surface area contributed by atoms with E-state index in [9.17, 15) is 18.0 Å². The first kappa shape index (κ1) is 21.0. The van der Waals surface area contributed by atoms with E-state index in [1.807, 2.05) is 17.7 Å².